The second-order valence-electron chi connectivity index (χ2n) is 9.71. The van der Waals surface area contributed by atoms with Crippen molar-refractivity contribution in [2.45, 2.75) is 51.1 Å². The van der Waals surface area contributed by atoms with Crippen molar-refractivity contribution in [1.29, 1.82) is 0 Å². The van der Waals surface area contributed by atoms with Gasteiger partial charge in [0.15, 0.2) is 11.9 Å². The molecule has 11 heteroatoms. The van der Waals surface area contributed by atoms with E-state index in [2.05, 4.69) is 24.5 Å². The summed E-state index contributed by atoms with van der Waals surface area (Å²) < 4.78 is 6.36. The van der Waals surface area contributed by atoms with Crippen LogP contribution in [0.15, 0.2) is 42.6 Å². The highest BCUT2D eigenvalue weighted by atomic mass is 32.1. The van der Waals surface area contributed by atoms with Crippen molar-refractivity contribution in [3.05, 3.63) is 59.4 Å². The van der Waals surface area contributed by atoms with E-state index < -0.39 is 17.9 Å². The van der Waals surface area contributed by atoms with Crippen LogP contribution in [0.5, 0.6) is 5.75 Å². The zero-order valence-electron chi connectivity index (χ0n) is 20.6. The molecule has 6 rings (SSSR count). The average Bonchev–Trinajstić information content (AvgIpc) is 3.63. The lowest BCUT2D eigenvalue weighted by Crippen LogP contribution is -2.33. The van der Waals surface area contributed by atoms with Gasteiger partial charge in [0, 0.05) is 34.3 Å². The summed E-state index contributed by atoms with van der Waals surface area (Å²) in [6, 6.07) is 8.94. The van der Waals surface area contributed by atoms with Crippen LogP contribution in [-0.2, 0) is 4.79 Å². The van der Waals surface area contributed by atoms with Crippen LogP contribution in [-0.4, -0.2) is 46.2 Å². The van der Waals surface area contributed by atoms with Crippen LogP contribution in [0.1, 0.15) is 65.8 Å². The molecule has 5 aromatic rings. The van der Waals surface area contributed by atoms with E-state index in [0.29, 0.717) is 33.6 Å². The van der Waals surface area contributed by atoms with Crippen LogP contribution in [0.25, 0.3) is 32.6 Å². The van der Waals surface area contributed by atoms with E-state index in [0.717, 1.165) is 47.6 Å². The van der Waals surface area contributed by atoms with E-state index in [1.807, 2.05) is 13.0 Å². The molecule has 0 radical (unpaired) electrons. The minimum atomic E-state index is -1.31. The first kappa shape index (κ1) is 24.1. The second kappa shape index (κ2) is 9.56. The minimum absolute atomic E-state index is 0.00926. The lowest BCUT2D eigenvalue weighted by atomic mass is 9.95. The second-order valence-corrected chi connectivity index (χ2v) is 10.5. The molecule has 1 atom stereocenters. The first-order valence-corrected chi connectivity index (χ1v) is 13.3. The number of aromatic hydroxyl groups is 1. The normalized spacial score (nSPS) is 15.2. The fourth-order valence-electron chi connectivity index (χ4n) is 5.40. The van der Waals surface area contributed by atoms with E-state index >= 15 is 0 Å². The Kier molecular flexibility index (Phi) is 6.07. The van der Waals surface area contributed by atoms with Crippen LogP contribution in [0, 0.1) is 6.92 Å². The van der Waals surface area contributed by atoms with Gasteiger partial charge in [0.25, 0.3) is 5.91 Å². The predicted molar refractivity (Wildman–Crippen MR) is 143 cm³/mol. The number of phenols is 1. The number of benzene rings is 2. The van der Waals surface area contributed by atoms with Gasteiger partial charge in [-0.3, -0.25) is 4.79 Å². The van der Waals surface area contributed by atoms with Gasteiger partial charge in [-0.2, -0.15) is 0 Å². The molecular formula is C27H26N6O4S. The van der Waals surface area contributed by atoms with Crippen molar-refractivity contribution < 1.29 is 19.8 Å². The molecule has 0 spiro atoms. The SMILES string of the molecule is Cc1nnsc1-c1nc2cc(C(=O)N[C@H](C(=O)O)c3c[nH]c4ccc(O)cc34)ccc2n1C1CCCCC1. The Morgan fingerprint density at radius 1 is 1.16 bits per heavy atom. The number of phenolic OH excluding ortho intramolecular Hbond substituents is 1. The number of hydrogen-bond donors (Lipinski definition) is 4. The topological polar surface area (TPSA) is 146 Å². The molecule has 10 nitrogen and oxygen atoms in total. The van der Waals surface area contributed by atoms with E-state index in [4.69, 9.17) is 4.98 Å². The van der Waals surface area contributed by atoms with Gasteiger partial charge in [-0.05, 0) is 67.7 Å². The molecule has 0 unspecified atom stereocenters. The van der Waals surface area contributed by atoms with Crippen LogP contribution in [0.4, 0.5) is 0 Å². The zero-order chi connectivity index (χ0) is 26.4. The molecule has 1 saturated carbocycles. The van der Waals surface area contributed by atoms with Gasteiger partial charge >= 0.3 is 5.97 Å². The van der Waals surface area contributed by atoms with Gasteiger partial charge in [-0.15, -0.1) is 5.10 Å². The highest BCUT2D eigenvalue weighted by molar-refractivity contribution is 7.09. The third kappa shape index (κ3) is 4.18. The molecule has 1 aliphatic rings. The molecule has 0 saturated heterocycles. The maximum atomic E-state index is 13.3. The number of carbonyl (C=O) groups excluding carboxylic acids is 1. The van der Waals surface area contributed by atoms with Crippen molar-refractivity contribution >= 4 is 45.3 Å². The van der Waals surface area contributed by atoms with Crippen molar-refractivity contribution in [1.82, 2.24) is 29.4 Å². The van der Waals surface area contributed by atoms with Gasteiger partial charge in [-0.25, -0.2) is 9.78 Å². The number of fused-ring (bicyclic) bond motifs is 2. The minimum Gasteiger partial charge on any atom is -0.508 e. The first-order chi connectivity index (χ1) is 18.4. The number of imidazole rings is 1. The lowest BCUT2D eigenvalue weighted by molar-refractivity contribution is -0.139. The van der Waals surface area contributed by atoms with Gasteiger partial charge in [0.05, 0.1) is 16.7 Å². The molecule has 194 valence electrons. The predicted octanol–water partition coefficient (Wildman–Crippen LogP) is 5.11. The molecule has 4 N–H and O–H groups in total. The maximum Gasteiger partial charge on any atom is 0.331 e. The molecule has 38 heavy (non-hydrogen) atoms. The van der Waals surface area contributed by atoms with Crippen LogP contribution in [0.3, 0.4) is 0 Å². The molecule has 2 aromatic carbocycles. The number of aromatic nitrogens is 5. The number of amides is 1. The Bertz CT molecular complexity index is 1680. The number of carboxylic acids is 1. The number of H-pyrrole nitrogens is 1. The molecule has 0 aliphatic heterocycles. The number of rotatable bonds is 6. The number of carbonyl (C=O) groups is 2. The molecule has 1 aliphatic carbocycles. The average molecular weight is 531 g/mol. The summed E-state index contributed by atoms with van der Waals surface area (Å²) in [5, 5.41) is 27.2. The van der Waals surface area contributed by atoms with Crippen molar-refractivity contribution in [3.8, 4) is 16.5 Å². The summed E-state index contributed by atoms with van der Waals surface area (Å²) in [6.07, 6.45) is 7.21. The summed E-state index contributed by atoms with van der Waals surface area (Å²) in [6.45, 7) is 1.92. The first-order valence-electron chi connectivity index (χ1n) is 12.6. The Labute approximate surface area is 221 Å². The van der Waals surface area contributed by atoms with E-state index in [-0.39, 0.29) is 5.75 Å². The van der Waals surface area contributed by atoms with Gasteiger partial charge in [0.2, 0.25) is 0 Å². The Balaban J connectivity index is 1.37. The Morgan fingerprint density at radius 2 is 1.97 bits per heavy atom. The molecule has 1 amide bonds. The number of aryl methyl sites for hydroxylation is 1. The Morgan fingerprint density at radius 3 is 2.71 bits per heavy atom. The maximum absolute atomic E-state index is 13.3. The summed E-state index contributed by atoms with van der Waals surface area (Å²) in [7, 11) is 0. The fraction of sp³-hybridized carbons (Fsp3) is 0.296. The highest BCUT2D eigenvalue weighted by Crippen LogP contribution is 2.38. The van der Waals surface area contributed by atoms with Crippen molar-refractivity contribution in [3.63, 3.8) is 0 Å². The molecule has 3 heterocycles. The highest BCUT2D eigenvalue weighted by Gasteiger charge is 2.28. The number of aromatic amines is 1. The third-order valence-electron chi connectivity index (χ3n) is 7.28. The molecular weight excluding hydrogens is 504 g/mol. The van der Waals surface area contributed by atoms with Crippen LogP contribution >= 0.6 is 11.5 Å². The number of nitrogens with one attached hydrogen (secondary N) is 2. The summed E-state index contributed by atoms with van der Waals surface area (Å²) in [4.78, 5) is 34.3. The van der Waals surface area contributed by atoms with E-state index in [9.17, 15) is 19.8 Å². The summed E-state index contributed by atoms with van der Waals surface area (Å²) >= 11 is 1.31. The Hall–Kier alpha value is -4.25. The monoisotopic (exact) mass is 530 g/mol. The van der Waals surface area contributed by atoms with E-state index in [1.165, 1.54) is 36.3 Å². The standard InChI is InChI=1S/C27H26N6O4S/c1-14-24(38-32-31-14)25-29-21-11-15(7-10-22(21)33(25)16-5-3-2-4-6-16)26(35)30-23(27(36)37)19-13-28-20-9-8-17(34)12-18(19)20/h7-13,16,23,28,34H,2-6H2,1H3,(H,30,35)(H,36,37)/t23-/m0/s1. The van der Waals surface area contributed by atoms with E-state index in [1.54, 1.807) is 18.2 Å². The van der Waals surface area contributed by atoms with Gasteiger partial charge < -0.3 is 25.1 Å². The van der Waals surface area contributed by atoms with Gasteiger partial charge in [0.1, 0.15) is 10.6 Å². The summed E-state index contributed by atoms with van der Waals surface area (Å²) in [5.41, 5.74) is 3.73. The van der Waals surface area contributed by atoms with Crippen LogP contribution < -0.4 is 5.32 Å². The quantitative estimate of drug-likeness (QED) is 0.239. The zero-order valence-corrected chi connectivity index (χ0v) is 21.5. The lowest BCUT2D eigenvalue weighted by Gasteiger charge is -2.25. The summed E-state index contributed by atoms with van der Waals surface area (Å²) in [5.74, 6) is -0.923. The number of nitrogens with zero attached hydrogens (tertiary/aromatic N) is 4. The fourth-order valence-corrected chi connectivity index (χ4v) is 6.05. The number of aliphatic carboxylic acids is 1. The van der Waals surface area contributed by atoms with Crippen molar-refractivity contribution in [2.75, 3.05) is 0 Å². The molecule has 0 bridgehead atoms. The number of hydrogen-bond acceptors (Lipinski definition) is 7. The molecule has 1 fully saturated rings. The smallest absolute Gasteiger partial charge is 0.331 e. The molecule has 3 aromatic heterocycles. The largest absolute Gasteiger partial charge is 0.508 e. The third-order valence-corrected chi connectivity index (χ3v) is 8.10. The van der Waals surface area contributed by atoms with Crippen molar-refractivity contribution in [2.24, 2.45) is 0 Å². The van der Waals surface area contributed by atoms with Gasteiger partial charge in [-0.1, -0.05) is 23.8 Å². The van der Waals surface area contributed by atoms with Crippen LogP contribution in [0.2, 0.25) is 0 Å². The number of carboxylic acid groups (broad SMARTS) is 1.